The highest BCUT2D eigenvalue weighted by Crippen LogP contribution is 2.24. The molecule has 1 fully saturated rings. The van der Waals surface area contributed by atoms with Crippen LogP contribution in [0.3, 0.4) is 0 Å². The monoisotopic (exact) mass is 366 g/mol. The minimum Gasteiger partial charge on any atom is -0.352 e. The van der Waals surface area contributed by atoms with Crippen molar-refractivity contribution in [3.8, 4) is 11.3 Å². The largest absolute Gasteiger partial charge is 0.352 e. The second-order valence-corrected chi connectivity index (χ2v) is 6.73. The quantitative estimate of drug-likeness (QED) is 0.769. The van der Waals surface area contributed by atoms with Crippen LogP contribution < -0.4 is 4.90 Å². The number of carbonyl (C=O) groups is 1. The second kappa shape index (κ2) is 7.22. The third-order valence-corrected chi connectivity index (χ3v) is 4.88. The molecule has 0 bridgehead atoms. The Hall–Kier alpha value is -2.79. The number of halogens is 1. The molecule has 0 radical (unpaired) electrons. The van der Waals surface area contributed by atoms with Gasteiger partial charge >= 0.3 is 0 Å². The fourth-order valence-corrected chi connectivity index (χ4v) is 3.28. The lowest BCUT2D eigenvalue weighted by atomic mass is 10.1. The normalized spacial score (nSPS) is 14.5. The molecule has 1 saturated heterocycles. The summed E-state index contributed by atoms with van der Waals surface area (Å²) in [6.07, 6.45) is 0. The molecule has 1 aromatic heterocycles. The zero-order valence-electron chi connectivity index (χ0n) is 14.2. The van der Waals surface area contributed by atoms with Gasteiger partial charge in [0.25, 0.3) is 5.91 Å². The smallest absolute Gasteiger partial charge is 0.253 e. The topological polar surface area (TPSA) is 52.2 Å². The molecule has 6 heteroatoms. The number of nitrogens with zero attached hydrogens (tertiary/aromatic N) is 3. The Morgan fingerprint density at radius 2 is 1.65 bits per heavy atom. The van der Waals surface area contributed by atoms with E-state index in [0.29, 0.717) is 18.1 Å². The Morgan fingerprint density at radius 1 is 0.962 bits per heavy atom. The van der Waals surface area contributed by atoms with Crippen molar-refractivity contribution in [1.82, 2.24) is 15.1 Å². The van der Waals surface area contributed by atoms with Gasteiger partial charge in [-0.1, -0.05) is 41.9 Å². The van der Waals surface area contributed by atoms with E-state index in [1.165, 1.54) is 0 Å². The Kier molecular flexibility index (Phi) is 4.63. The summed E-state index contributed by atoms with van der Waals surface area (Å²) in [5, 5.41) is 8.23. The Labute approximate surface area is 157 Å². The molecule has 0 aliphatic carbocycles. The molecular weight excluding hydrogens is 348 g/mol. The van der Waals surface area contributed by atoms with Gasteiger partial charge in [0.2, 0.25) is 0 Å². The van der Waals surface area contributed by atoms with Crippen LogP contribution in [0.4, 0.5) is 5.82 Å². The zero-order valence-corrected chi connectivity index (χ0v) is 15.0. The third kappa shape index (κ3) is 3.44. The van der Waals surface area contributed by atoms with Gasteiger partial charge in [0.15, 0.2) is 5.82 Å². The molecule has 3 aromatic rings. The number of anilines is 1. The van der Waals surface area contributed by atoms with Crippen molar-refractivity contribution in [3.05, 3.63) is 71.2 Å². The van der Waals surface area contributed by atoms with Crippen molar-refractivity contribution in [2.75, 3.05) is 31.1 Å². The zero-order chi connectivity index (χ0) is 17.9. The maximum absolute atomic E-state index is 12.5. The molecule has 0 unspecified atom stereocenters. The minimum atomic E-state index is 0.0918. The Morgan fingerprint density at radius 3 is 2.35 bits per heavy atom. The Balaban J connectivity index is 1.41. The van der Waals surface area contributed by atoms with Crippen molar-refractivity contribution in [1.29, 1.82) is 0 Å². The first-order chi connectivity index (χ1) is 12.7. The van der Waals surface area contributed by atoms with E-state index >= 15 is 0 Å². The summed E-state index contributed by atoms with van der Waals surface area (Å²) >= 11 is 5.94. The fraction of sp³-hybridized carbons (Fsp3) is 0.200. The maximum atomic E-state index is 12.5. The number of H-pyrrole nitrogens is 1. The summed E-state index contributed by atoms with van der Waals surface area (Å²) in [5.74, 6) is 0.996. The number of benzene rings is 2. The average Bonchev–Trinajstić information content (AvgIpc) is 3.19. The molecule has 1 aliphatic heterocycles. The van der Waals surface area contributed by atoms with Gasteiger partial charge in [-0.2, -0.15) is 5.10 Å². The number of aromatic amines is 1. The summed E-state index contributed by atoms with van der Waals surface area (Å²) in [6, 6.07) is 19.1. The highest BCUT2D eigenvalue weighted by atomic mass is 35.5. The molecule has 2 heterocycles. The molecule has 5 nitrogen and oxygen atoms in total. The SMILES string of the molecule is O=C(c1ccccc1)N1CCN(c2cc(-c3ccc(Cl)cc3)[nH]n2)CC1. The van der Waals surface area contributed by atoms with Crippen molar-refractivity contribution < 1.29 is 4.79 Å². The van der Waals surface area contributed by atoms with Crippen LogP contribution in [0.2, 0.25) is 5.02 Å². The predicted molar refractivity (Wildman–Crippen MR) is 104 cm³/mol. The van der Waals surface area contributed by atoms with Crippen LogP contribution in [0.1, 0.15) is 10.4 Å². The molecule has 1 N–H and O–H groups in total. The number of rotatable bonds is 3. The number of aromatic nitrogens is 2. The van der Waals surface area contributed by atoms with Gasteiger partial charge in [-0.25, -0.2) is 0 Å². The molecular formula is C20H19ClN4O. The molecule has 1 amide bonds. The van der Waals surface area contributed by atoms with Gasteiger partial charge in [-0.05, 0) is 29.8 Å². The van der Waals surface area contributed by atoms with Gasteiger partial charge in [0.1, 0.15) is 0 Å². The predicted octanol–water partition coefficient (Wildman–Crippen LogP) is 3.69. The first-order valence-corrected chi connectivity index (χ1v) is 8.99. The van der Waals surface area contributed by atoms with Crippen molar-refractivity contribution in [2.24, 2.45) is 0 Å². The number of nitrogens with one attached hydrogen (secondary N) is 1. The summed E-state index contributed by atoms with van der Waals surface area (Å²) < 4.78 is 0. The number of piperazine rings is 1. The third-order valence-electron chi connectivity index (χ3n) is 4.63. The second-order valence-electron chi connectivity index (χ2n) is 6.29. The summed E-state index contributed by atoms with van der Waals surface area (Å²) in [6.45, 7) is 2.92. The number of carbonyl (C=O) groups excluding carboxylic acids is 1. The summed E-state index contributed by atoms with van der Waals surface area (Å²) in [7, 11) is 0. The van der Waals surface area contributed by atoms with Crippen LogP contribution in [0.15, 0.2) is 60.7 Å². The lowest BCUT2D eigenvalue weighted by Gasteiger charge is -2.34. The van der Waals surface area contributed by atoms with Crippen molar-refractivity contribution in [3.63, 3.8) is 0 Å². The van der Waals surface area contributed by atoms with E-state index in [9.17, 15) is 4.79 Å². The van der Waals surface area contributed by atoms with Crippen LogP contribution in [0, 0.1) is 0 Å². The molecule has 132 valence electrons. The highest BCUT2D eigenvalue weighted by molar-refractivity contribution is 6.30. The van der Waals surface area contributed by atoms with Gasteiger partial charge in [-0.3, -0.25) is 9.89 Å². The van der Waals surface area contributed by atoms with E-state index in [1.807, 2.05) is 65.6 Å². The van der Waals surface area contributed by atoms with Crippen molar-refractivity contribution >= 4 is 23.3 Å². The molecule has 0 saturated carbocycles. The van der Waals surface area contributed by atoms with Gasteiger partial charge < -0.3 is 9.80 Å². The average molecular weight is 367 g/mol. The van der Waals surface area contributed by atoms with Crippen LogP contribution in [0.5, 0.6) is 0 Å². The molecule has 0 atom stereocenters. The summed E-state index contributed by atoms with van der Waals surface area (Å²) in [4.78, 5) is 16.6. The summed E-state index contributed by atoms with van der Waals surface area (Å²) in [5.41, 5.74) is 2.75. The lowest BCUT2D eigenvalue weighted by molar-refractivity contribution is 0.0746. The van der Waals surface area contributed by atoms with Crippen LogP contribution in [0.25, 0.3) is 11.3 Å². The van der Waals surface area contributed by atoms with Crippen LogP contribution in [-0.4, -0.2) is 47.2 Å². The molecule has 2 aromatic carbocycles. The molecule has 0 spiro atoms. The highest BCUT2D eigenvalue weighted by Gasteiger charge is 2.23. The Bertz CT molecular complexity index is 884. The molecule has 1 aliphatic rings. The van der Waals surface area contributed by atoms with Gasteiger partial charge in [0, 0.05) is 42.8 Å². The van der Waals surface area contributed by atoms with E-state index in [1.54, 1.807) is 0 Å². The standard InChI is InChI=1S/C20H19ClN4O/c21-17-8-6-15(7-9-17)18-14-19(23-22-18)24-10-12-25(13-11-24)20(26)16-4-2-1-3-5-16/h1-9,14H,10-13H2,(H,22,23). The van der Waals surface area contributed by atoms with Gasteiger partial charge in [-0.15, -0.1) is 0 Å². The molecule has 26 heavy (non-hydrogen) atoms. The van der Waals surface area contributed by atoms with E-state index in [0.717, 1.165) is 35.7 Å². The first kappa shape index (κ1) is 16.7. The van der Waals surface area contributed by atoms with E-state index in [4.69, 9.17) is 11.6 Å². The van der Waals surface area contributed by atoms with E-state index in [2.05, 4.69) is 15.1 Å². The van der Waals surface area contributed by atoms with E-state index < -0.39 is 0 Å². The maximum Gasteiger partial charge on any atom is 0.253 e. The fourth-order valence-electron chi connectivity index (χ4n) is 3.15. The van der Waals surface area contributed by atoms with Crippen LogP contribution >= 0.6 is 11.6 Å². The first-order valence-electron chi connectivity index (χ1n) is 8.61. The number of hydrogen-bond acceptors (Lipinski definition) is 3. The van der Waals surface area contributed by atoms with E-state index in [-0.39, 0.29) is 5.91 Å². The number of hydrogen-bond donors (Lipinski definition) is 1. The molecule has 4 rings (SSSR count). The lowest BCUT2D eigenvalue weighted by Crippen LogP contribution is -2.48. The minimum absolute atomic E-state index is 0.0918. The van der Waals surface area contributed by atoms with Gasteiger partial charge in [0.05, 0.1) is 5.69 Å². The van der Waals surface area contributed by atoms with Crippen molar-refractivity contribution in [2.45, 2.75) is 0 Å². The number of amides is 1. The van der Waals surface area contributed by atoms with Crippen LogP contribution in [-0.2, 0) is 0 Å².